The Bertz CT molecular complexity index is 1790. The molecule has 8 nitrogen and oxygen atoms in total. The minimum atomic E-state index is -4.67. The summed E-state index contributed by atoms with van der Waals surface area (Å²) < 4.78 is 48.0. The van der Waals surface area contributed by atoms with E-state index < -0.39 is 34.4 Å². The second-order valence-corrected chi connectivity index (χ2v) is 12.6. The van der Waals surface area contributed by atoms with E-state index in [1.165, 1.54) is 66.7 Å². The lowest BCUT2D eigenvalue weighted by molar-refractivity contribution is 0.0520. The molecule has 1 unspecified atom stereocenters. The van der Waals surface area contributed by atoms with Gasteiger partial charge in [-0.05, 0) is 73.5 Å². The number of nitrogens with zero attached hydrogens (tertiary/aromatic N) is 2. The summed E-state index contributed by atoms with van der Waals surface area (Å²) in [5.41, 5.74) is 0.496. The molecular weight excluding hydrogens is 547 g/mol. The Balaban J connectivity index is 2.16. The summed E-state index contributed by atoms with van der Waals surface area (Å²) in [6.07, 6.45) is 2.70. The average molecular weight is 569 g/mol. The van der Waals surface area contributed by atoms with E-state index >= 15 is 0 Å². The van der Waals surface area contributed by atoms with Crippen molar-refractivity contribution in [2.24, 2.45) is 0 Å². The first-order valence-corrected chi connectivity index (χ1v) is 14.8. The van der Waals surface area contributed by atoms with E-state index in [1.807, 2.05) is 6.07 Å². The van der Waals surface area contributed by atoms with Crippen LogP contribution in [0.4, 0.5) is 0 Å². The first-order valence-electron chi connectivity index (χ1n) is 11.4. The van der Waals surface area contributed by atoms with Gasteiger partial charge in [-0.3, -0.25) is 4.57 Å². The van der Waals surface area contributed by atoms with Crippen LogP contribution in [0.15, 0.2) is 77.7 Å². The Hall–Kier alpha value is -3.67. The molecule has 0 aliphatic carbocycles. The van der Waals surface area contributed by atoms with E-state index in [9.17, 15) is 22.7 Å². The van der Waals surface area contributed by atoms with Gasteiger partial charge >= 0.3 is 5.97 Å². The van der Waals surface area contributed by atoms with Gasteiger partial charge in [-0.15, -0.1) is 0 Å². The van der Waals surface area contributed by atoms with Gasteiger partial charge in [0.1, 0.15) is 0 Å². The SMILES string of the molecule is CCOC(=O)c1c(P(=O)(O)c2cc(C)cc(/C=C/C#N)c2)c2cc(Cl)ccc2n1S(=O)(=O)c1ccccc1. The second-order valence-electron chi connectivity index (χ2n) is 8.30. The zero-order chi connectivity index (χ0) is 27.7. The summed E-state index contributed by atoms with van der Waals surface area (Å²) in [6, 6.07) is 18.0. The van der Waals surface area contributed by atoms with Crippen molar-refractivity contribution in [2.75, 3.05) is 6.61 Å². The molecule has 0 aliphatic heterocycles. The van der Waals surface area contributed by atoms with Gasteiger partial charge < -0.3 is 9.63 Å². The zero-order valence-electron chi connectivity index (χ0n) is 20.3. The van der Waals surface area contributed by atoms with Gasteiger partial charge in [0.15, 0.2) is 5.69 Å². The van der Waals surface area contributed by atoms with Gasteiger partial charge in [-0.25, -0.2) is 17.2 Å². The van der Waals surface area contributed by atoms with Gasteiger partial charge in [-0.1, -0.05) is 35.9 Å². The third-order valence-corrected chi connectivity index (χ3v) is 9.68. The van der Waals surface area contributed by atoms with Crippen LogP contribution in [0.5, 0.6) is 0 Å². The first-order chi connectivity index (χ1) is 18.0. The van der Waals surface area contributed by atoms with Crippen molar-refractivity contribution in [3.63, 3.8) is 0 Å². The lowest BCUT2D eigenvalue weighted by atomic mass is 10.1. The molecule has 0 amide bonds. The molecule has 0 aliphatic rings. The monoisotopic (exact) mass is 568 g/mol. The summed E-state index contributed by atoms with van der Waals surface area (Å²) in [5, 5.41) is 8.62. The number of carbonyl (C=O) groups is 1. The average Bonchev–Trinajstić information content (AvgIpc) is 3.24. The molecule has 1 heterocycles. The molecule has 4 rings (SSSR count). The molecule has 0 bridgehead atoms. The maximum absolute atomic E-state index is 14.3. The maximum Gasteiger partial charge on any atom is 0.356 e. The molecule has 1 N–H and O–H groups in total. The molecule has 0 fully saturated rings. The molecule has 0 radical (unpaired) electrons. The molecule has 0 saturated carbocycles. The number of hydrogen-bond donors (Lipinski definition) is 1. The molecule has 1 atom stereocenters. The molecule has 1 aromatic heterocycles. The van der Waals surface area contributed by atoms with E-state index in [0.29, 0.717) is 11.1 Å². The van der Waals surface area contributed by atoms with Gasteiger partial charge in [0, 0.05) is 21.8 Å². The molecule has 3 aromatic carbocycles. The fraction of sp³-hybridized carbons (Fsp3) is 0.111. The van der Waals surface area contributed by atoms with Crippen LogP contribution in [0.3, 0.4) is 0 Å². The Morgan fingerprint density at radius 3 is 2.53 bits per heavy atom. The van der Waals surface area contributed by atoms with Crippen LogP contribution in [0.25, 0.3) is 17.0 Å². The van der Waals surface area contributed by atoms with Crippen molar-refractivity contribution in [1.29, 1.82) is 5.26 Å². The molecule has 194 valence electrons. The Kier molecular flexibility index (Phi) is 7.63. The lowest BCUT2D eigenvalue weighted by Crippen LogP contribution is -2.27. The van der Waals surface area contributed by atoms with Crippen molar-refractivity contribution in [1.82, 2.24) is 3.97 Å². The van der Waals surface area contributed by atoms with Gasteiger partial charge in [-0.2, -0.15) is 5.26 Å². The first kappa shape index (κ1) is 27.4. The highest BCUT2D eigenvalue weighted by molar-refractivity contribution is 7.90. The minimum Gasteiger partial charge on any atom is -0.461 e. The lowest BCUT2D eigenvalue weighted by Gasteiger charge is -2.16. The quantitative estimate of drug-likeness (QED) is 0.193. The molecular formula is C27H22ClN2O6PS. The van der Waals surface area contributed by atoms with E-state index in [-0.39, 0.29) is 32.7 Å². The second kappa shape index (κ2) is 10.6. The van der Waals surface area contributed by atoms with Crippen molar-refractivity contribution in [3.05, 3.63) is 94.6 Å². The van der Waals surface area contributed by atoms with Crippen LogP contribution in [-0.4, -0.2) is 29.9 Å². The van der Waals surface area contributed by atoms with Gasteiger partial charge in [0.05, 0.1) is 28.4 Å². The number of halogens is 1. The van der Waals surface area contributed by atoms with Crippen LogP contribution < -0.4 is 10.6 Å². The van der Waals surface area contributed by atoms with E-state index in [1.54, 1.807) is 26.0 Å². The number of aryl methyl sites for hydroxylation is 1. The summed E-state index contributed by atoms with van der Waals surface area (Å²) >= 11 is 6.24. The number of fused-ring (bicyclic) bond motifs is 1. The largest absolute Gasteiger partial charge is 0.461 e. The van der Waals surface area contributed by atoms with Crippen LogP contribution in [-0.2, 0) is 19.3 Å². The van der Waals surface area contributed by atoms with E-state index in [4.69, 9.17) is 21.6 Å². The highest BCUT2D eigenvalue weighted by atomic mass is 35.5. The molecule has 0 saturated heterocycles. The van der Waals surface area contributed by atoms with Crippen LogP contribution in [0.1, 0.15) is 28.5 Å². The molecule has 0 spiro atoms. The standard InChI is InChI=1S/C27H22ClN2O6PS/c1-3-36-27(31)25-26(37(32,33)21-15-18(2)14-19(16-21)8-7-13-29)23-17-20(28)11-12-24(23)30(25)38(34,35)22-9-5-4-6-10-22/h4-12,14-17H,3H2,1-2H3,(H,32,33)/b8-7+. The molecule has 4 aromatic rings. The smallest absolute Gasteiger partial charge is 0.356 e. The Morgan fingerprint density at radius 2 is 1.87 bits per heavy atom. The summed E-state index contributed by atoms with van der Waals surface area (Å²) in [7, 11) is -9.09. The van der Waals surface area contributed by atoms with E-state index in [0.717, 1.165) is 3.97 Å². The van der Waals surface area contributed by atoms with Crippen molar-refractivity contribution in [3.8, 4) is 6.07 Å². The van der Waals surface area contributed by atoms with Crippen molar-refractivity contribution < 1.29 is 27.4 Å². The molecule has 38 heavy (non-hydrogen) atoms. The summed E-state index contributed by atoms with van der Waals surface area (Å²) in [4.78, 5) is 24.9. The number of hydrogen-bond acceptors (Lipinski definition) is 6. The van der Waals surface area contributed by atoms with Crippen LogP contribution >= 0.6 is 19.0 Å². The fourth-order valence-electron chi connectivity index (χ4n) is 4.18. The normalized spacial score (nSPS) is 13.3. The van der Waals surface area contributed by atoms with Crippen molar-refractivity contribution in [2.45, 2.75) is 18.7 Å². The number of carbonyl (C=O) groups excluding carboxylic acids is 1. The third kappa shape index (κ3) is 4.92. The van der Waals surface area contributed by atoms with Crippen LogP contribution in [0.2, 0.25) is 5.02 Å². The minimum absolute atomic E-state index is 0.0113. The maximum atomic E-state index is 14.3. The van der Waals surface area contributed by atoms with Gasteiger partial charge in [0.2, 0.25) is 0 Å². The third-order valence-electron chi connectivity index (χ3n) is 5.70. The Labute approximate surface area is 224 Å². The zero-order valence-corrected chi connectivity index (χ0v) is 22.8. The predicted molar refractivity (Wildman–Crippen MR) is 147 cm³/mol. The van der Waals surface area contributed by atoms with E-state index in [2.05, 4.69) is 0 Å². The number of allylic oxidation sites excluding steroid dienone is 1. The Morgan fingerprint density at radius 1 is 1.16 bits per heavy atom. The topological polar surface area (TPSA) is 126 Å². The van der Waals surface area contributed by atoms with Crippen molar-refractivity contribution >= 4 is 62.6 Å². The number of benzene rings is 3. The highest BCUT2D eigenvalue weighted by Crippen LogP contribution is 2.45. The fourth-order valence-corrected chi connectivity index (χ4v) is 7.90. The number of nitriles is 1. The number of rotatable bonds is 7. The summed E-state index contributed by atoms with van der Waals surface area (Å²) in [5.74, 6) is -1.08. The number of esters is 1. The van der Waals surface area contributed by atoms with Gasteiger partial charge in [0.25, 0.3) is 17.4 Å². The summed E-state index contributed by atoms with van der Waals surface area (Å²) in [6.45, 7) is 3.15. The number of ether oxygens (including phenoxy) is 1. The predicted octanol–water partition coefficient (Wildman–Crippen LogP) is 4.77. The number of aromatic nitrogens is 1. The molecule has 11 heteroatoms. The van der Waals surface area contributed by atoms with Crippen LogP contribution in [0, 0.1) is 18.3 Å². The highest BCUT2D eigenvalue weighted by Gasteiger charge is 2.40.